The lowest BCUT2D eigenvalue weighted by molar-refractivity contribution is 0.210. The first kappa shape index (κ1) is 17.0. The molecule has 0 radical (unpaired) electrons. The smallest absolute Gasteiger partial charge is 0.165 e. The summed E-state index contributed by atoms with van der Waals surface area (Å²) < 4.78 is 18.7. The van der Waals surface area contributed by atoms with Crippen molar-refractivity contribution < 1.29 is 9.13 Å². The van der Waals surface area contributed by atoms with Gasteiger partial charge in [-0.3, -0.25) is 0 Å². The van der Waals surface area contributed by atoms with Gasteiger partial charge >= 0.3 is 0 Å². The monoisotopic (exact) mass is 327 g/mol. The average molecular weight is 327 g/mol. The van der Waals surface area contributed by atoms with E-state index in [1.807, 2.05) is 12.1 Å². The summed E-state index contributed by atoms with van der Waals surface area (Å²) in [7, 11) is 1.53. The summed E-state index contributed by atoms with van der Waals surface area (Å²) in [6.07, 6.45) is 4.63. The SMILES string of the molecule is COc1cc(C2CCN(CCCc3ccccc3)CC2)ccc1F. The number of aryl methyl sites for hydroxylation is 1. The summed E-state index contributed by atoms with van der Waals surface area (Å²) in [4.78, 5) is 2.56. The number of benzene rings is 2. The van der Waals surface area contributed by atoms with Crippen LogP contribution in [0.4, 0.5) is 4.39 Å². The zero-order valence-electron chi connectivity index (χ0n) is 14.4. The molecule has 0 N–H and O–H groups in total. The quantitative estimate of drug-likeness (QED) is 0.766. The third kappa shape index (κ3) is 4.35. The highest BCUT2D eigenvalue weighted by Crippen LogP contribution is 2.31. The molecule has 0 atom stereocenters. The molecule has 1 saturated heterocycles. The van der Waals surface area contributed by atoms with E-state index in [-0.39, 0.29) is 5.82 Å². The Hall–Kier alpha value is -1.87. The van der Waals surface area contributed by atoms with E-state index < -0.39 is 0 Å². The molecule has 0 unspecified atom stereocenters. The summed E-state index contributed by atoms with van der Waals surface area (Å²) in [5.41, 5.74) is 2.63. The molecule has 0 aliphatic carbocycles. The molecule has 2 aromatic carbocycles. The van der Waals surface area contributed by atoms with Gasteiger partial charge in [0.15, 0.2) is 11.6 Å². The lowest BCUT2D eigenvalue weighted by Crippen LogP contribution is -2.33. The molecule has 2 nitrogen and oxygen atoms in total. The first-order chi connectivity index (χ1) is 11.8. The molecule has 0 saturated carbocycles. The molecule has 2 aromatic rings. The average Bonchev–Trinajstić information content (AvgIpc) is 2.64. The predicted molar refractivity (Wildman–Crippen MR) is 96.1 cm³/mol. The Morgan fingerprint density at radius 3 is 2.54 bits per heavy atom. The molecule has 3 rings (SSSR count). The second kappa shape index (κ2) is 8.29. The topological polar surface area (TPSA) is 12.5 Å². The van der Waals surface area contributed by atoms with Gasteiger partial charge < -0.3 is 9.64 Å². The van der Waals surface area contributed by atoms with Crippen molar-refractivity contribution in [3.8, 4) is 5.75 Å². The molecule has 1 heterocycles. The van der Waals surface area contributed by atoms with Crippen molar-refractivity contribution >= 4 is 0 Å². The van der Waals surface area contributed by atoms with Gasteiger partial charge in [0.2, 0.25) is 0 Å². The lowest BCUT2D eigenvalue weighted by atomic mass is 9.89. The predicted octanol–water partition coefficient (Wildman–Crippen LogP) is 4.65. The number of ether oxygens (including phenoxy) is 1. The van der Waals surface area contributed by atoms with Crippen LogP contribution < -0.4 is 4.74 Å². The van der Waals surface area contributed by atoms with Crippen molar-refractivity contribution in [2.75, 3.05) is 26.7 Å². The number of halogens is 1. The minimum absolute atomic E-state index is 0.278. The highest BCUT2D eigenvalue weighted by Gasteiger charge is 2.21. The molecule has 24 heavy (non-hydrogen) atoms. The van der Waals surface area contributed by atoms with E-state index in [0.29, 0.717) is 11.7 Å². The third-order valence-electron chi connectivity index (χ3n) is 5.02. The van der Waals surface area contributed by atoms with Crippen molar-refractivity contribution in [2.24, 2.45) is 0 Å². The van der Waals surface area contributed by atoms with Crippen molar-refractivity contribution in [2.45, 2.75) is 31.6 Å². The van der Waals surface area contributed by atoms with Crippen LogP contribution in [0.25, 0.3) is 0 Å². The first-order valence-corrected chi connectivity index (χ1v) is 8.86. The van der Waals surface area contributed by atoms with E-state index in [1.54, 1.807) is 0 Å². The molecular weight excluding hydrogens is 301 g/mol. The van der Waals surface area contributed by atoms with Crippen LogP contribution in [-0.2, 0) is 6.42 Å². The first-order valence-electron chi connectivity index (χ1n) is 8.86. The third-order valence-corrected chi connectivity index (χ3v) is 5.02. The molecule has 3 heteroatoms. The normalized spacial score (nSPS) is 16.2. The standard InChI is InChI=1S/C21H26FNO/c1-24-21-16-19(9-10-20(21)22)18-11-14-23(15-12-18)13-5-8-17-6-3-2-4-7-17/h2-4,6-7,9-10,16,18H,5,8,11-15H2,1H3. The van der Waals surface area contributed by atoms with Gasteiger partial charge in [-0.15, -0.1) is 0 Å². The molecule has 1 fully saturated rings. The molecule has 128 valence electrons. The fourth-order valence-corrected chi connectivity index (χ4v) is 3.57. The summed E-state index contributed by atoms with van der Waals surface area (Å²) in [6.45, 7) is 3.41. The van der Waals surface area contributed by atoms with Crippen molar-refractivity contribution in [3.63, 3.8) is 0 Å². The van der Waals surface area contributed by atoms with Gasteiger partial charge in [-0.05, 0) is 74.5 Å². The summed E-state index contributed by atoms with van der Waals surface area (Å²) in [5, 5.41) is 0. The van der Waals surface area contributed by atoms with Gasteiger partial charge in [0, 0.05) is 0 Å². The van der Waals surface area contributed by atoms with Crippen LogP contribution in [-0.4, -0.2) is 31.6 Å². The molecule has 1 aliphatic rings. The maximum Gasteiger partial charge on any atom is 0.165 e. The summed E-state index contributed by atoms with van der Waals surface area (Å²) in [5.74, 6) is 0.599. The largest absolute Gasteiger partial charge is 0.494 e. The van der Waals surface area contributed by atoms with Gasteiger partial charge in [-0.2, -0.15) is 0 Å². The van der Waals surface area contributed by atoms with Crippen LogP contribution in [0, 0.1) is 5.82 Å². The zero-order chi connectivity index (χ0) is 16.8. The Bertz CT molecular complexity index is 636. The van der Waals surface area contributed by atoms with E-state index in [0.717, 1.165) is 38.9 Å². The van der Waals surface area contributed by atoms with E-state index in [2.05, 4.69) is 35.2 Å². The van der Waals surface area contributed by atoms with Crippen LogP contribution in [0.5, 0.6) is 5.75 Å². The Balaban J connectivity index is 1.45. The molecule has 1 aliphatic heterocycles. The van der Waals surface area contributed by atoms with E-state index in [9.17, 15) is 4.39 Å². The van der Waals surface area contributed by atoms with Crippen LogP contribution in [0.15, 0.2) is 48.5 Å². The molecule has 0 amide bonds. The minimum atomic E-state index is -0.278. The number of likely N-dealkylation sites (tertiary alicyclic amines) is 1. The minimum Gasteiger partial charge on any atom is -0.494 e. The second-order valence-electron chi connectivity index (χ2n) is 6.60. The summed E-state index contributed by atoms with van der Waals surface area (Å²) >= 11 is 0. The van der Waals surface area contributed by atoms with Crippen LogP contribution in [0.1, 0.15) is 36.3 Å². The van der Waals surface area contributed by atoms with Crippen molar-refractivity contribution in [1.82, 2.24) is 4.90 Å². The molecule has 0 bridgehead atoms. The zero-order valence-corrected chi connectivity index (χ0v) is 14.4. The van der Waals surface area contributed by atoms with E-state index in [1.165, 1.54) is 30.7 Å². The van der Waals surface area contributed by atoms with E-state index in [4.69, 9.17) is 4.74 Å². The fraction of sp³-hybridized carbons (Fsp3) is 0.429. The number of methoxy groups -OCH3 is 1. The van der Waals surface area contributed by atoms with Crippen LogP contribution in [0.3, 0.4) is 0 Å². The van der Waals surface area contributed by atoms with Crippen LogP contribution in [0.2, 0.25) is 0 Å². The lowest BCUT2D eigenvalue weighted by Gasteiger charge is -2.32. The second-order valence-corrected chi connectivity index (χ2v) is 6.60. The highest BCUT2D eigenvalue weighted by atomic mass is 19.1. The Morgan fingerprint density at radius 2 is 1.83 bits per heavy atom. The molecule has 0 spiro atoms. The van der Waals surface area contributed by atoms with Gasteiger partial charge in [0.25, 0.3) is 0 Å². The number of hydrogen-bond acceptors (Lipinski definition) is 2. The van der Waals surface area contributed by atoms with Gasteiger partial charge in [0.05, 0.1) is 7.11 Å². The van der Waals surface area contributed by atoms with Crippen molar-refractivity contribution in [3.05, 3.63) is 65.5 Å². The van der Waals surface area contributed by atoms with Gasteiger partial charge in [-0.1, -0.05) is 36.4 Å². The van der Waals surface area contributed by atoms with Crippen molar-refractivity contribution in [1.29, 1.82) is 0 Å². The maximum atomic E-state index is 13.5. The highest BCUT2D eigenvalue weighted by molar-refractivity contribution is 5.32. The molecule has 0 aromatic heterocycles. The number of hydrogen-bond donors (Lipinski definition) is 0. The van der Waals surface area contributed by atoms with Gasteiger partial charge in [-0.25, -0.2) is 4.39 Å². The van der Waals surface area contributed by atoms with Gasteiger partial charge in [0.1, 0.15) is 0 Å². The Morgan fingerprint density at radius 1 is 1.08 bits per heavy atom. The fourth-order valence-electron chi connectivity index (χ4n) is 3.57. The Labute approximate surface area is 144 Å². The molecular formula is C21H26FNO. The number of piperidine rings is 1. The maximum absolute atomic E-state index is 13.5. The number of nitrogens with zero attached hydrogens (tertiary/aromatic N) is 1. The number of rotatable bonds is 6. The summed E-state index contributed by atoms with van der Waals surface area (Å²) in [6, 6.07) is 16.0. The van der Waals surface area contributed by atoms with E-state index >= 15 is 0 Å². The Kier molecular flexibility index (Phi) is 5.86. The van der Waals surface area contributed by atoms with Crippen LogP contribution >= 0.6 is 0 Å².